The van der Waals surface area contributed by atoms with Crippen molar-refractivity contribution in [1.82, 2.24) is 30.4 Å². The first-order valence-electron chi connectivity index (χ1n) is 12.8. The molecule has 3 aromatic rings. The lowest BCUT2D eigenvalue weighted by molar-refractivity contribution is 0.0564. The normalized spacial score (nSPS) is 19.0. The molecule has 5 rings (SSSR count). The van der Waals surface area contributed by atoms with Gasteiger partial charge in [0.1, 0.15) is 12.3 Å². The van der Waals surface area contributed by atoms with Gasteiger partial charge in [-0.1, -0.05) is 11.6 Å². The molecule has 2 aliphatic rings. The first-order valence-corrected chi connectivity index (χ1v) is 14.0. The molecule has 2 aliphatic heterocycles. The van der Waals surface area contributed by atoms with E-state index in [1.165, 1.54) is 23.3 Å². The summed E-state index contributed by atoms with van der Waals surface area (Å²) in [4.78, 5) is 51.6. The molecular weight excluding hydrogens is 579 g/mol. The summed E-state index contributed by atoms with van der Waals surface area (Å²) in [6, 6.07) is 6.13. The van der Waals surface area contributed by atoms with Crippen LogP contribution in [-0.2, 0) is 22.4 Å². The number of halogens is 2. The lowest BCUT2D eigenvalue weighted by Gasteiger charge is -2.38. The molecule has 0 spiro atoms. The quantitative estimate of drug-likeness (QED) is 0.351. The van der Waals surface area contributed by atoms with Crippen molar-refractivity contribution in [2.75, 3.05) is 47.0 Å². The predicted octanol–water partition coefficient (Wildman–Crippen LogP) is 3.07. The fourth-order valence-electron chi connectivity index (χ4n) is 4.86. The maximum Gasteiger partial charge on any atom is 0.409 e. The van der Waals surface area contributed by atoms with E-state index in [0.717, 1.165) is 41.0 Å². The van der Waals surface area contributed by atoms with Crippen molar-refractivity contribution in [2.24, 2.45) is 0 Å². The number of benzene rings is 1. The monoisotopic (exact) mass is 610 g/mol. The van der Waals surface area contributed by atoms with Crippen LogP contribution in [0.25, 0.3) is 10.9 Å². The van der Waals surface area contributed by atoms with Gasteiger partial charge in [-0.05, 0) is 37.7 Å². The zero-order chi connectivity index (χ0) is 27.5. The van der Waals surface area contributed by atoms with Crippen LogP contribution in [0.5, 0.6) is 0 Å². The van der Waals surface area contributed by atoms with E-state index in [2.05, 4.69) is 25.5 Å². The lowest BCUT2D eigenvalue weighted by atomic mass is 9.99. The fraction of sp³-hybridized carbons (Fsp3) is 0.462. The molecule has 40 heavy (non-hydrogen) atoms. The Morgan fingerprint density at radius 1 is 1.15 bits per heavy atom. The molecule has 14 heteroatoms. The number of thiazole rings is 1. The van der Waals surface area contributed by atoms with Crippen molar-refractivity contribution in [3.8, 4) is 0 Å². The number of aromatic amines is 1. The van der Waals surface area contributed by atoms with Crippen molar-refractivity contribution >= 4 is 64.2 Å². The molecule has 0 aliphatic carbocycles. The minimum Gasteiger partial charge on any atom is -0.447 e. The largest absolute Gasteiger partial charge is 0.447 e. The van der Waals surface area contributed by atoms with E-state index < -0.39 is 18.2 Å². The number of methoxy groups -OCH3 is 1. The number of piperidine rings is 1. The number of nitrogens with zero attached hydrogens (tertiary/aromatic N) is 3. The van der Waals surface area contributed by atoms with Gasteiger partial charge < -0.3 is 34.9 Å². The highest BCUT2D eigenvalue weighted by Crippen LogP contribution is 2.25. The van der Waals surface area contributed by atoms with Gasteiger partial charge in [0, 0.05) is 60.5 Å². The Bertz CT molecular complexity index is 1380. The highest BCUT2D eigenvalue weighted by atomic mass is 35.5. The number of H-pyrrole nitrogens is 1. The highest BCUT2D eigenvalue weighted by Gasteiger charge is 2.35. The fourth-order valence-corrected chi connectivity index (χ4v) is 6.13. The molecule has 2 atom stereocenters. The van der Waals surface area contributed by atoms with Gasteiger partial charge >= 0.3 is 6.09 Å². The first kappa shape index (κ1) is 30.1. The summed E-state index contributed by atoms with van der Waals surface area (Å²) in [5, 5.41) is 7.86. The Labute approximate surface area is 246 Å². The van der Waals surface area contributed by atoms with Crippen molar-refractivity contribution in [3.63, 3.8) is 0 Å². The molecule has 3 amide bonds. The third kappa shape index (κ3) is 6.87. The number of amides is 3. The average Bonchev–Trinajstić information content (AvgIpc) is 3.53. The standard InChI is InChI=1S/C26H31ClN6O5S.ClH/c1-32-7-5-19-22(14-32)39-25(31-19)24(35)30-21-13-33(26(36)38-10-9-37-2)8-6-18(21)29-23(34)20-12-15-11-16(27)3-4-17(15)28-20;/h3-4,11-12,18,21,28H,5-10,13-14H2,1-2H3,(H,29,34)(H,30,35);1H/t18-,21+;/m0./s1. The molecule has 1 saturated heterocycles. The number of nitrogens with one attached hydrogen (secondary N) is 3. The predicted molar refractivity (Wildman–Crippen MR) is 155 cm³/mol. The van der Waals surface area contributed by atoms with Crippen LogP contribution in [0.4, 0.5) is 4.79 Å². The molecule has 0 bridgehead atoms. The molecule has 1 aromatic carbocycles. The smallest absolute Gasteiger partial charge is 0.409 e. The van der Waals surface area contributed by atoms with Gasteiger partial charge in [0.2, 0.25) is 0 Å². The maximum absolute atomic E-state index is 13.3. The number of aromatic nitrogens is 2. The average molecular weight is 612 g/mol. The van der Waals surface area contributed by atoms with Crippen molar-refractivity contribution < 1.29 is 23.9 Å². The molecule has 11 nitrogen and oxygen atoms in total. The number of likely N-dealkylation sites (tertiary alicyclic amines) is 1. The van der Waals surface area contributed by atoms with Gasteiger partial charge in [-0.15, -0.1) is 23.7 Å². The number of rotatable bonds is 7. The zero-order valence-corrected chi connectivity index (χ0v) is 24.6. The van der Waals surface area contributed by atoms with Gasteiger partial charge in [-0.3, -0.25) is 9.59 Å². The summed E-state index contributed by atoms with van der Waals surface area (Å²) >= 11 is 7.47. The molecular formula is C26H32Cl2N6O5S. The van der Waals surface area contributed by atoms with Gasteiger partial charge in [0.25, 0.3) is 11.8 Å². The highest BCUT2D eigenvalue weighted by molar-refractivity contribution is 7.13. The lowest BCUT2D eigenvalue weighted by Crippen LogP contribution is -2.61. The second-order valence-electron chi connectivity index (χ2n) is 9.79. The van der Waals surface area contributed by atoms with Crippen LogP contribution in [0, 0.1) is 0 Å². The Kier molecular flexibility index (Phi) is 9.90. The third-order valence-electron chi connectivity index (χ3n) is 6.96. The van der Waals surface area contributed by atoms with Crippen LogP contribution in [0.1, 0.15) is 37.3 Å². The number of hydrogen-bond donors (Lipinski definition) is 3. The molecule has 216 valence electrons. The van der Waals surface area contributed by atoms with Gasteiger partial charge in [-0.25, -0.2) is 9.78 Å². The number of ether oxygens (including phenoxy) is 2. The summed E-state index contributed by atoms with van der Waals surface area (Å²) in [6.07, 6.45) is 0.742. The molecule has 4 heterocycles. The van der Waals surface area contributed by atoms with E-state index in [-0.39, 0.29) is 44.0 Å². The zero-order valence-electron chi connectivity index (χ0n) is 22.2. The Hall–Kier alpha value is -2.90. The number of fused-ring (bicyclic) bond motifs is 2. The summed E-state index contributed by atoms with van der Waals surface area (Å²) in [7, 11) is 3.57. The van der Waals surface area contributed by atoms with E-state index in [1.807, 2.05) is 13.1 Å². The molecule has 1 fully saturated rings. The van der Waals surface area contributed by atoms with E-state index in [9.17, 15) is 14.4 Å². The number of carbonyl (C=O) groups excluding carboxylic acids is 3. The second kappa shape index (κ2) is 13.2. The summed E-state index contributed by atoms with van der Waals surface area (Å²) in [6.45, 7) is 2.63. The Balaban J connectivity index is 0.00000370. The molecule has 2 aromatic heterocycles. The van der Waals surface area contributed by atoms with Crippen molar-refractivity contribution in [2.45, 2.75) is 31.5 Å². The molecule has 3 N–H and O–H groups in total. The minimum absolute atomic E-state index is 0. The minimum atomic E-state index is -0.549. The Morgan fingerprint density at radius 3 is 2.75 bits per heavy atom. The molecule has 0 saturated carbocycles. The second-order valence-corrected chi connectivity index (χ2v) is 11.3. The van der Waals surface area contributed by atoms with Gasteiger partial charge in [0.15, 0.2) is 5.01 Å². The van der Waals surface area contributed by atoms with Crippen molar-refractivity contribution in [1.29, 1.82) is 0 Å². The first-order chi connectivity index (χ1) is 18.8. The van der Waals surface area contributed by atoms with E-state index in [0.29, 0.717) is 28.7 Å². The van der Waals surface area contributed by atoms with Crippen LogP contribution < -0.4 is 10.6 Å². The van der Waals surface area contributed by atoms with Crippen LogP contribution in [0.2, 0.25) is 5.02 Å². The Morgan fingerprint density at radius 2 is 1.95 bits per heavy atom. The summed E-state index contributed by atoms with van der Waals surface area (Å²) in [5.41, 5.74) is 2.14. The third-order valence-corrected chi connectivity index (χ3v) is 8.28. The maximum atomic E-state index is 13.3. The SMILES string of the molecule is COCCOC(=O)N1CC[C@H](NC(=O)c2cc3cc(Cl)ccc3[nH]2)[C@H](NC(=O)c2nc3c(s2)CN(C)CC3)C1.Cl. The van der Waals surface area contributed by atoms with Crippen LogP contribution in [0.15, 0.2) is 24.3 Å². The molecule has 0 unspecified atom stereocenters. The number of carbonyl (C=O) groups is 3. The van der Waals surface area contributed by atoms with Crippen LogP contribution >= 0.6 is 35.3 Å². The number of hydrogen-bond acceptors (Lipinski definition) is 8. The van der Waals surface area contributed by atoms with E-state index >= 15 is 0 Å². The van der Waals surface area contributed by atoms with Crippen LogP contribution in [0.3, 0.4) is 0 Å². The van der Waals surface area contributed by atoms with E-state index in [1.54, 1.807) is 18.2 Å². The van der Waals surface area contributed by atoms with E-state index in [4.69, 9.17) is 21.1 Å². The molecule has 0 radical (unpaired) electrons. The topological polar surface area (TPSA) is 129 Å². The summed E-state index contributed by atoms with van der Waals surface area (Å²) in [5.74, 6) is -0.633. The number of likely N-dealkylation sites (N-methyl/N-ethyl adjacent to an activating group) is 1. The van der Waals surface area contributed by atoms with Crippen molar-refractivity contribution in [3.05, 3.63) is 50.6 Å². The van der Waals surface area contributed by atoms with Gasteiger partial charge in [-0.2, -0.15) is 0 Å². The summed E-state index contributed by atoms with van der Waals surface area (Å²) < 4.78 is 10.2. The van der Waals surface area contributed by atoms with Crippen LogP contribution in [-0.4, -0.2) is 96.8 Å². The van der Waals surface area contributed by atoms with Gasteiger partial charge in [0.05, 0.1) is 24.4 Å².